The van der Waals surface area contributed by atoms with E-state index < -0.39 is 0 Å². The minimum atomic E-state index is -0.000101. The molecule has 0 saturated heterocycles. The summed E-state index contributed by atoms with van der Waals surface area (Å²) in [6, 6.07) is 12.5. The van der Waals surface area contributed by atoms with Crippen LogP contribution in [-0.2, 0) is 37.1 Å². The molecule has 4 aromatic rings. The van der Waals surface area contributed by atoms with Crippen LogP contribution in [0.15, 0.2) is 59.7 Å². The SMILES string of the molecule is O=C(Cc1coc2cc3c(cc12)CCC3)NCc1ccc(Cn2cncn2)cc1. The number of aryl methyl sites for hydroxylation is 2. The second kappa shape index (κ2) is 7.54. The van der Waals surface area contributed by atoms with E-state index in [-0.39, 0.29) is 5.91 Å². The maximum absolute atomic E-state index is 12.5. The van der Waals surface area contributed by atoms with Crippen LogP contribution in [0.1, 0.15) is 34.2 Å². The predicted octanol–water partition coefficient (Wildman–Crippen LogP) is 3.42. The predicted molar refractivity (Wildman–Crippen MR) is 109 cm³/mol. The van der Waals surface area contributed by atoms with Crippen molar-refractivity contribution in [2.75, 3.05) is 0 Å². The molecule has 6 nitrogen and oxygen atoms in total. The molecule has 0 bridgehead atoms. The molecule has 6 heteroatoms. The van der Waals surface area contributed by atoms with Crippen molar-refractivity contribution in [2.24, 2.45) is 0 Å². The Morgan fingerprint density at radius 1 is 1.10 bits per heavy atom. The molecule has 0 spiro atoms. The van der Waals surface area contributed by atoms with Crippen molar-refractivity contribution in [2.45, 2.75) is 38.8 Å². The van der Waals surface area contributed by atoms with E-state index in [0.29, 0.717) is 19.5 Å². The molecular weight excluding hydrogens is 364 g/mol. The summed E-state index contributed by atoms with van der Waals surface area (Å²) in [5.41, 5.74) is 6.83. The largest absolute Gasteiger partial charge is 0.464 e. The van der Waals surface area contributed by atoms with Crippen molar-refractivity contribution in [3.05, 3.63) is 83.1 Å². The summed E-state index contributed by atoms with van der Waals surface area (Å²) in [6.45, 7) is 1.19. The molecule has 1 N–H and O–H groups in total. The number of hydrogen-bond acceptors (Lipinski definition) is 4. The van der Waals surface area contributed by atoms with Crippen LogP contribution in [-0.4, -0.2) is 20.7 Å². The summed E-state index contributed by atoms with van der Waals surface area (Å²) in [5.74, 6) is -0.000101. The Hall–Kier alpha value is -3.41. The summed E-state index contributed by atoms with van der Waals surface area (Å²) in [6.07, 6.45) is 8.72. The quantitative estimate of drug-likeness (QED) is 0.551. The highest BCUT2D eigenvalue weighted by molar-refractivity contribution is 5.88. The number of hydrogen-bond donors (Lipinski definition) is 1. The third-order valence-electron chi connectivity index (χ3n) is 5.54. The topological polar surface area (TPSA) is 73.0 Å². The van der Waals surface area contributed by atoms with Gasteiger partial charge < -0.3 is 9.73 Å². The van der Waals surface area contributed by atoms with Crippen LogP contribution in [0.5, 0.6) is 0 Å². The lowest BCUT2D eigenvalue weighted by Gasteiger charge is -2.07. The summed E-state index contributed by atoms with van der Waals surface area (Å²) in [4.78, 5) is 16.4. The van der Waals surface area contributed by atoms with E-state index in [2.05, 4.69) is 27.5 Å². The first-order chi connectivity index (χ1) is 14.2. The van der Waals surface area contributed by atoms with Gasteiger partial charge in [0.1, 0.15) is 18.2 Å². The molecule has 0 unspecified atom stereocenters. The second-order valence-corrected chi connectivity index (χ2v) is 7.59. The van der Waals surface area contributed by atoms with Gasteiger partial charge in [-0.2, -0.15) is 5.10 Å². The molecular formula is C23H22N4O2. The maximum Gasteiger partial charge on any atom is 0.224 e. The lowest BCUT2D eigenvalue weighted by Crippen LogP contribution is -2.24. The van der Waals surface area contributed by atoms with Gasteiger partial charge in [0.2, 0.25) is 5.91 Å². The molecule has 5 rings (SSSR count). The number of carbonyl (C=O) groups is 1. The number of amides is 1. The highest BCUT2D eigenvalue weighted by Gasteiger charge is 2.16. The van der Waals surface area contributed by atoms with Gasteiger partial charge in [0, 0.05) is 17.5 Å². The summed E-state index contributed by atoms with van der Waals surface area (Å²) in [7, 11) is 0. The molecule has 0 fully saturated rings. The molecule has 1 amide bonds. The smallest absolute Gasteiger partial charge is 0.224 e. The Morgan fingerprint density at radius 2 is 1.90 bits per heavy atom. The Labute approximate surface area is 168 Å². The zero-order valence-corrected chi connectivity index (χ0v) is 16.1. The number of furan rings is 1. The van der Waals surface area contributed by atoms with Crippen molar-refractivity contribution < 1.29 is 9.21 Å². The molecule has 0 atom stereocenters. The minimum absolute atomic E-state index is 0.000101. The molecule has 0 aliphatic heterocycles. The number of nitrogens with one attached hydrogen (secondary N) is 1. The van der Waals surface area contributed by atoms with Gasteiger partial charge >= 0.3 is 0 Å². The minimum Gasteiger partial charge on any atom is -0.464 e. The van der Waals surface area contributed by atoms with E-state index in [1.165, 1.54) is 23.9 Å². The normalized spacial score (nSPS) is 13.0. The van der Waals surface area contributed by atoms with Crippen LogP contribution in [0.2, 0.25) is 0 Å². The second-order valence-electron chi connectivity index (χ2n) is 7.59. The van der Waals surface area contributed by atoms with E-state index in [0.717, 1.165) is 40.5 Å². The van der Waals surface area contributed by atoms with Crippen molar-refractivity contribution in [3.63, 3.8) is 0 Å². The van der Waals surface area contributed by atoms with Gasteiger partial charge in [-0.3, -0.25) is 4.79 Å². The molecule has 2 heterocycles. The van der Waals surface area contributed by atoms with Crippen LogP contribution >= 0.6 is 0 Å². The highest BCUT2D eigenvalue weighted by Crippen LogP contribution is 2.30. The fourth-order valence-electron chi connectivity index (χ4n) is 3.99. The van der Waals surface area contributed by atoms with Crippen LogP contribution in [0.25, 0.3) is 11.0 Å². The third-order valence-corrected chi connectivity index (χ3v) is 5.54. The lowest BCUT2D eigenvalue weighted by atomic mass is 10.0. The maximum atomic E-state index is 12.5. The highest BCUT2D eigenvalue weighted by atomic mass is 16.3. The van der Waals surface area contributed by atoms with Crippen LogP contribution in [0.3, 0.4) is 0 Å². The summed E-state index contributed by atoms with van der Waals surface area (Å²) in [5, 5.41) is 8.19. The van der Waals surface area contributed by atoms with Crippen molar-refractivity contribution in [1.82, 2.24) is 20.1 Å². The molecule has 29 heavy (non-hydrogen) atoms. The Kier molecular flexibility index (Phi) is 4.60. The number of aromatic nitrogens is 3. The van der Waals surface area contributed by atoms with E-state index >= 15 is 0 Å². The Bertz CT molecular complexity index is 1140. The Balaban J connectivity index is 1.20. The van der Waals surface area contributed by atoms with Crippen molar-refractivity contribution in [3.8, 4) is 0 Å². The monoisotopic (exact) mass is 386 g/mol. The first-order valence-electron chi connectivity index (χ1n) is 9.93. The molecule has 1 aliphatic carbocycles. The van der Waals surface area contributed by atoms with E-state index in [1.54, 1.807) is 17.3 Å². The number of rotatable bonds is 6. The average Bonchev–Trinajstić information content (AvgIpc) is 3.48. The van der Waals surface area contributed by atoms with Crippen LogP contribution < -0.4 is 5.32 Å². The van der Waals surface area contributed by atoms with Crippen molar-refractivity contribution in [1.29, 1.82) is 0 Å². The van der Waals surface area contributed by atoms with Gasteiger partial charge in [0.05, 0.1) is 19.2 Å². The van der Waals surface area contributed by atoms with Crippen molar-refractivity contribution >= 4 is 16.9 Å². The standard InChI is InChI=1S/C23H22N4O2/c28-23(10-20-13-29-22-9-19-3-1-2-18(19)8-21(20)22)25-11-16-4-6-17(7-5-16)12-27-15-24-14-26-27/h4-9,13-15H,1-3,10-12H2,(H,25,28). The summed E-state index contributed by atoms with van der Waals surface area (Å²) >= 11 is 0. The summed E-state index contributed by atoms with van der Waals surface area (Å²) < 4.78 is 7.48. The van der Waals surface area contributed by atoms with Gasteiger partial charge in [0.25, 0.3) is 0 Å². The fourth-order valence-corrected chi connectivity index (χ4v) is 3.99. The van der Waals surface area contributed by atoms with Gasteiger partial charge in [-0.05, 0) is 53.6 Å². The van der Waals surface area contributed by atoms with E-state index in [1.807, 2.05) is 24.3 Å². The number of fused-ring (bicyclic) bond motifs is 2. The first-order valence-corrected chi connectivity index (χ1v) is 9.93. The van der Waals surface area contributed by atoms with E-state index in [9.17, 15) is 4.79 Å². The molecule has 146 valence electrons. The van der Waals surface area contributed by atoms with Gasteiger partial charge in [-0.15, -0.1) is 0 Å². The Morgan fingerprint density at radius 3 is 2.69 bits per heavy atom. The first kappa shape index (κ1) is 17.7. The number of benzene rings is 2. The molecule has 1 aliphatic rings. The zero-order chi connectivity index (χ0) is 19.6. The molecule has 0 radical (unpaired) electrons. The van der Waals surface area contributed by atoms with E-state index in [4.69, 9.17) is 4.42 Å². The third kappa shape index (κ3) is 3.78. The van der Waals surface area contributed by atoms with Crippen LogP contribution in [0.4, 0.5) is 0 Å². The van der Waals surface area contributed by atoms with Gasteiger partial charge in [-0.1, -0.05) is 24.3 Å². The average molecular weight is 386 g/mol. The number of carbonyl (C=O) groups excluding carboxylic acids is 1. The zero-order valence-electron chi connectivity index (χ0n) is 16.1. The van der Waals surface area contributed by atoms with Gasteiger partial charge in [0.15, 0.2) is 0 Å². The fraction of sp³-hybridized carbons (Fsp3) is 0.261. The molecule has 2 aromatic heterocycles. The lowest BCUT2D eigenvalue weighted by molar-refractivity contribution is -0.120. The molecule has 2 aromatic carbocycles. The van der Waals surface area contributed by atoms with Crippen LogP contribution in [0, 0.1) is 0 Å². The number of nitrogens with zero attached hydrogens (tertiary/aromatic N) is 3. The van der Waals surface area contributed by atoms with Gasteiger partial charge in [-0.25, -0.2) is 9.67 Å². The molecule has 0 saturated carbocycles.